The van der Waals surface area contributed by atoms with E-state index in [-0.39, 0.29) is 41.3 Å². The molecule has 7 rings (SSSR count). The van der Waals surface area contributed by atoms with Crippen LogP contribution < -0.4 is 25.8 Å². The SMILES string of the molecule is CN(C)C(=O)C1CC2COCC(C1)N2c1ncc(Cl)c(Nc2ccc3c(c2)c2c(c(=O)n3C)OCC(F)(F)C(C3CC3)N2)n1. The van der Waals surface area contributed by atoms with Gasteiger partial charge >= 0.3 is 5.92 Å². The number of hydrogen-bond donors (Lipinski definition) is 2. The minimum absolute atomic E-state index is 0.0635. The second-order valence-electron chi connectivity index (χ2n) is 12.5. The number of amides is 1. The molecule has 3 fully saturated rings. The summed E-state index contributed by atoms with van der Waals surface area (Å²) in [6.07, 6.45) is 4.20. The van der Waals surface area contributed by atoms with Crippen molar-refractivity contribution in [2.24, 2.45) is 18.9 Å². The zero-order valence-corrected chi connectivity index (χ0v) is 25.4. The van der Waals surface area contributed by atoms with Crippen LogP contribution in [0.4, 0.5) is 31.9 Å². The highest BCUT2D eigenvalue weighted by Gasteiger charge is 2.51. The first-order chi connectivity index (χ1) is 21.0. The van der Waals surface area contributed by atoms with Crippen molar-refractivity contribution in [1.29, 1.82) is 0 Å². The molecule has 0 radical (unpaired) electrons. The van der Waals surface area contributed by atoms with E-state index in [0.717, 1.165) is 0 Å². The lowest BCUT2D eigenvalue weighted by molar-refractivity contribution is -0.135. The molecule has 2 N–H and O–H groups in total. The third kappa shape index (κ3) is 4.99. The second-order valence-corrected chi connectivity index (χ2v) is 12.9. The van der Waals surface area contributed by atoms with E-state index in [1.165, 1.54) is 10.8 Å². The number of pyridine rings is 1. The number of alkyl halides is 2. The summed E-state index contributed by atoms with van der Waals surface area (Å²) >= 11 is 6.56. The Kier molecular flexibility index (Phi) is 7.07. The number of fused-ring (bicyclic) bond motifs is 5. The first-order valence-corrected chi connectivity index (χ1v) is 15.2. The maximum absolute atomic E-state index is 15.0. The fourth-order valence-corrected chi connectivity index (χ4v) is 6.94. The molecule has 11 nitrogen and oxygen atoms in total. The largest absolute Gasteiger partial charge is 0.480 e. The molecular weight excluding hydrogens is 596 g/mol. The quantitative estimate of drug-likeness (QED) is 0.432. The molecule has 5 heterocycles. The van der Waals surface area contributed by atoms with Crippen molar-refractivity contribution in [2.45, 2.75) is 49.7 Å². The van der Waals surface area contributed by atoms with Crippen LogP contribution in [-0.2, 0) is 16.6 Å². The smallest absolute Gasteiger partial charge is 0.301 e. The van der Waals surface area contributed by atoms with E-state index in [4.69, 9.17) is 26.1 Å². The van der Waals surface area contributed by atoms with Crippen molar-refractivity contribution < 1.29 is 23.0 Å². The number of benzene rings is 1. The van der Waals surface area contributed by atoms with Crippen molar-refractivity contribution in [2.75, 3.05) is 49.4 Å². The molecule has 14 heteroatoms. The minimum Gasteiger partial charge on any atom is -0.480 e. The molecule has 3 unspecified atom stereocenters. The third-order valence-corrected chi connectivity index (χ3v) is 9.42. The molecule has 3 aliphatic heterocycles. The van der Waals surface area contributed by atoms with Gasteiger partial charge in [0.25, 0.3) is 5.56 Å². The molecule has 3 aromatic rings. The highest BCUT2D eigenvalue weighted by molar-refractivity contribution is 6.33. The van der Waals surface area contributed by atoms with E-state index in [1.54, 1.807) is 44.2 Å². The summed E-state index contributed by atoms with van der Waals surface area (Å²) in [7, 11) is 5.13. The molecule has 2 saturated heterocycles. The fraction of sp³-hybridized carbons (Fsp3) is 0.533. The number of nitrogens with zero attached hydrogens (tertiary/aromatic N) is 5. The average Bonchev–Trinajstić information content (AvgIpc) is 3.83. The highest BCUT2D eigenvalue weighted by Crippen LogP contribution is 2.46. The lowest BCUT2D eigenvalue weighted by Crippen LogP contribution is -2.59. The van der Waals surface area contributed by atoms with Crippen molar-refractivity contribution >= 4 is 51.6 Å². The van der Waals surface area contributed by atoms with Crippen molar-refractivity contribution in [1.82, 2.24) is 19.4 Å². The third-order valence-electron chi connectivity index (χ3n) is 9.15. The Morgan fingerprint density at radius 3 is 2.61 bits per heavy atom. The molecule has 1 amide bonds. The summed E-state index contributed by atoms with van der Waals surface area (Å²) in [5.41, 5.74) is 0.928. The zero-order valence-electron chi connectivity index (χ0n) is 24.6. The van der Waals surface area contributed by atoms with Crippen LogP contribution in [0, 0.1) is 11.8 Å². The van der Waals surface area contributed by atoms with Crippen LogP contribution in [0.2, 0.25) is 5.02 Å². The first kappa shape index (κ1) is 29.0. The standard InChI is InChI=1S/C30H34ClF2N7O4/c1-38(2)27(41)16-8-18-12-43-13-19(9-16)40(18)29-34-11-21(31)26(37-29)35-17-6-7-22-20(10-17)23-24(28(42)39(22)3)44-14-30(32,33)25(36-23)15-4-5-15/h6-7,10-11,15-16,18-19,25,36H,4-5,8-9,12-14H2,1-3H3,(H,34,35,37). The summed E-state index contributed by atoms with van der Waals surface area (Å²) < 4.78 is 42.8. The number of aromatic nitrogens is 3. The Hall–Kier alpha value is -3.71. The number of piperidine rings is 1. The topological polar surface area (TPSA) is 114 Å². The summed E-state index contributed by atoms with van der Waals surface area (Å²) in [5.74, 6) is -2.57. The Labute approximate surface area is 257 Å². The van der Waals surface area contributed by atoms with Crippen molar-refractivity contribution in [3.05, 3.63) is 39.8 Å². The highest BCUT2D eigenvalue weighted by atomic mass is 35.5. The van der Waals surface area contributed by atoms with Gasteiger partial charge in [-0.3, -0.25) is 9.59 Å². The number of ether oxygens (including phenoxy) is 2. The number of rotatable bonds is 5. The lowest BCUT2D eigenvalue weighted by atomic mass is 9.84. The molecule has 1 aliphatic carbocycles. The lowest BCUT2D eigenvalue weighted by Gasteiger charge is -2.48. The summed E-state index contributed by atoms with van der Waals surface area (Å²) in [6.45, 7) is 0.0691. The summed E-state index contributed by atoms with van der Waals surface area (Å²) in [6, 6.07) is 4.04. The molecule has 1 saturated carbocycles. The van der Waals surface area contributed by atoms with Gasteiger partial charge in [0.1, 0.15) is 5.02 Å². The number of carbonyl (C=O) groups excluding carboxylic acids is 1. The van der Waals surface area contributed by atoms with E-state index >= 15 is 8.78 Å². The second kappa shape index (κ2) is 10.7. The van der Waals surface area contributed by atoms with Gasteiger partial charge in [-0.15, -0.1) is 0 Å². The number of carbonyl (C=O) groups is 1. The number of morpholine rings is 1. The van der Waals surface area contributed by atoms with Gasteiger partial charge in [-0.25, -0.2) is 13.8 Å². The van der Waals surface area contributed by atoms with Crippen molar-refractivity contribution in [3.63, 3.8) is 0 Å². The average molecular weight is 630 g/mol. The van der Waals surface area contributed by atoms with Crippen LogP contribution >= 0.6 is 11.6 Å². The maximum Gasteiger partial charge on any atom is 0.301 e. The number of nitrogens with one attached hydrogen (secondary N) is 2. The van der Waals surface area contributed by atoms with Gasteiger partial charge in [0, 0.05) is 38.1 Å². The predicted molar refractivity (Wildman–Crippen MR) is 162 cm³/mol. The maximum atomic E-state index is 15.0. The normalized spacial score (nSPS) is 25.8. The monoisotopic (exact) mass is 629 g/mol. The molecule has 2 bridgehead atoms. The fourth-order valence-electron chi connectivity index (χ4n) is 6.80. The van der Waals surface area contributed by atoms with Crippen LogP contribution in [0.5, 0.6) is 5.75 Å². The molecule has 44 heavy (non-hydrogen) atoms. The molecule has 234 valence electrons. The molecule has 1 aromatic carbocycles. The number of anilines is 4. The van der Waals surface area contributed by atoms with E-state index in [9.17, 15) is 9.59 Å². The van der Waals surface area contributed by atoms with Crippen LogP contribution in [-0.4, -0.2) is 83.3 Å². The van der Waals surface area contributed by atoms with Gasteiger partial charge in [0.2, 0.25) is 17.6 Å². The first-order valence-electron chi connectivity index (χ1n) is 14.8. The van der Waals surface area contributed by atoms with E-state index in [2.05, 4.69) is 20.5 Å². The van der Waals surface area contributed by atoms with E-state index < -0.39 is 24.1 Å². The Morgan fingerprint density at radius 2 is 1.93 bits per heavy atom. The Balaban J connectivity index is 1.22. The van der Waals surface area contributed by atoms with Gasteiger partial charge in [0.05, 0.1) is 48.7 Å². The van der Waals surface area contributed by atoms with Gasteiger partial charge < -0.3 is 34.5 Å². The zero-order chi connectivity index (χ0) is 30.9. The molecule has 3 atom stereocenters. The van der Waals surface area contributed by atoms with Gasteiger partial charge in [0.15, 0.2) is 12.4 Å². The Bertz CT molecular complexity index is 1680. The van der Waals surface area contributed by atoms with Crippen LogP contribution in [0.1, 0.15) is 25.7 Å². The molecule has 4 aliphatic rings. The van der Waals surface area contributed by atoms with E-state index in [0.29, 0.717) is 72.3 Å². The predicted octanol–water partition coefficient (Wildman–Crippen LogP) is 4.02. The van der Waals surface area contributed by atoms with Crippen LogP contribution in [0.15, 0.2) is 29.2 Å². The number of halogens is 3. The number of aryl methyl sites for hydroxylation is 1. The van der Waals surface area contributed by atoms with Crippen LogP contribution in [0.25, 0.3) is 10.9 Å². The van der Waals surface area contributed by atoms with Crippen LogP contribution in [0.3, 0.4) is 0 Å². The minimum atomic E-state index is -3.13. The summed E-state index contributed by atoms with van der Waals surface area (Å²) in [5, 5.41) is 7.12. The molecular formula is C30H34ClF2N7O4. The number of hydrogen-bond acceptors (Lipinski definition) is 9. The Morgan fingerprint density at radius 1 is 1.20 bits per heavy atom. The van der Waals surface area contributed by atoms with Gasteiger partial charge in [-0.1, -0.05) is 11.6 Å². The van der Waals surface area contributed by atoms with Gasteiger partial charge in [-0.05, 0) is 49.8 Å². The molecule has 0 spiro atoms. The molecule has 2 aromatic heterocycles. The summed E-state index contributed by atoms with van der Waals surface area (Å²) in [4.78, 5) is 38.9. The van der Waals surface area contributed by atoms with Gasteiger partial charge in [-0.2, -0.15) is 4.98 Å². The van der Waals surface area contributed by atoms with Crippen molar-refractivity contribution in [3.8, 4) is 5.75 Å². The van der Waals surface area contributed by atoms with E-state index in [1.807, 2.05) is 0 Å².